The number of nitrogens with zero attached hydrogens (tertiary/aromatic N) is 1. The van der Waals surface area contributed by atoms with E-state index in [0.29, 0.717) is 5.69 Å². The molecule has 76 valence electrons. The first-order chi connectivity index (χ1) is 7.09. The average Bonchev–Trinajstić information content (AvgIpc) is 2.52. The number of anilines is 1. The fourth-order valence-corrected chi connectivity index (χ4v) is 1.46. The first kappa shape index (κ1) is 9.73. The van der Waals surface area contributed by atoms with Gasteiger partial charge in [0.15, 0.2) is 0 Å². The molecule has 0 saturated carbocycles. The normalized spacial score (nSPS) is 15.1. The minimum Gasteiger partial charge on any atom is -0.506 e. The molecule has 1 aromatic carbocycles. The third-order valence-corrected chi connectivity index (χ3v) is 2.30. The summed E-state index contributed by atoms with van der Waals surface area (Å²) in [7, 11) is 0. The zero-order chi connectivity index (χ0) is 11.0. The van der Waals surface area contributed by atoms with Crippen molar-refractivity contribution in [2.24, 2.45) is 0 Å². The topological polar surface area (TPSA) is 57.6 Å². The van der Waals surface area contributed by atoms with Gasteiger partial charge in [0.05, 0.1) is 10.7 Å². The molecule has 0 aromatic heterocycles. The molecule has 0 aliphatic carbocycles. The van der Waals surface area contributed by atoms with Crippen LogP contribution in [0.25, 0.3) is 0 Å². The molecule has 15 heavy (non-hydrogen) atoms. The quantitative estimate of drug-likeness (QED) is 0.734. The van der Waals surface area contributed by atoms with Gasteiger partial charge in [0, 0.05) is 12.2 Å². The van der Waals surface area contributed by atoms with Crippen LogP contribution in [-0.2, 0) is 9.59 Å². The van der Waals surface area contributed by atoms with E-state index in [-0.39, 0.29) is 10.8 Å². The van der Waals surface area contributed by atoms with Crippen molar-refractivity contribution in [1.82, 2.24) is 0 Å². The van der Waals surface area contributed by atoms with Crippen LogP contribution in [0.4, 0.5) is 5.69 Å². The first-order valence-corrected chi connectivity index (χ1v) is 4.52. The van der Waals surface area contributed by atoms with E-state index < -0.39 is 11.8 Å². The van der Waals surface area contributed by atoms with E-state index in [1.165, 1.54) is 30.4 Å². The van der Waals surface area contributed by atoms with Crippen LogP contribution in [-0.4, -0.2) is 16.9 Å². The molecule has 1 N–H and O–H groups in total. The number of phenols is 1. The van der Waals surface area contributed by atoms with Gasteiger partial charge in [-0.25, -0.2) is 4.90 Å². The van der Waals surface area contributed by atoms with Crippen molar-refractivity contribution in [3.63, 3.8) is 0 Å². The number of hydrogen-bond donors (Lipinski definition) is 1. The highest BCUT2D eigenvalue weighted by Gasteiger charge is 2.25. The minimum atomic E-state index is -0.415. The summed E-state index contributed by atoms with van der Waals surface area (Å²) in [4.78, 5) is 23.6. The number of halogens is 1. The van der Waals surface area contributed by atoms with E-state index in [4.69, 9.17) is 11.6 Å². The van der Waals surface area contributed by atoms with Crippen molar-refractivity contribution in [1.29, 1.82) is 0 Å². The van der Waals surface area contributed by atoms with Crippen molar-refractivity contribution in [3.8, 4) is 5.75 Å². The predicted molar refractivity (Wildman–Crippen MR) is 54.7 cm³/mol. The Labute approximate surface area is 90.4 Å². The third-order valence-electron chi connectivity index (χ3n) is 2.00. The van der Waals surface area contributed by atoms with Gasteiger partial charge in [-0.2, -0.15) is 0 Å². The Bertz CT molecular complexity index is 464. The van der Waals surface area contributed by atoms with Crippen LogP contribution in [0.15, 0.2) is 30.4 Å². The lowest BCUT2D eigenvalue weighted by Gasteiger charge is -2.13. The summed E-state index contributed by atoms with van der Waals surface area (Å²) in [5, 5.41) is 9.28. The molecule has 0 radical (unpaired) electrons. The van der Waals surface area contributed by atoms with Crippen LogP contribution in [0, 0.1) is 0 Å². The number of aromatic hydroxyl groups is 1. The lowest BCUT2D eigenvalue weighted by atomic mass is 10.3. The smallest absolute Gasteiger partial charge is 0.258 e. The molecule has 5 heteroatoms. The number of phenolic OH excluding ortho intramolecular Hbond substituents is 1. The third kappa shape index (κ3) is 1.59. The Morgan fingerprint density at radius 3 is 2.27 bits per heavy atom. The van der Waals surface area contributed by atoms with Gasteiger partial charge in [0.2, 0.25) is 0 Å². The zero-order valence-corrected chi connectivity index (χ0v) is 8.23. The summed E-state index contributed by atoms with van der Waals surface area (Å²) >= 11 is 5.67. The molecule has 0 atom stereocenters. The van der Waals surface area contributed by atoms with Gasteiger partial charge in [0.25, 0.3) is 11.8 Å². The van der Waals surface area contributed by atoms with Gasteiger partial charge < -0.3 is 5.11 Å². The number of imide groups is 1. The van der Waals surface area contributed by atoms with Gasteiger partial charge in [-0.3, -0.25) is 9.59 Å². The van der Waals surface area contributed by atoms with Crippen LogP contribution in [0.1, 0.15) is 0 Å². The monoisotopic (exact) mass is 223 g/mol. The summed E-state index contributed by atoms with van der Waals surface area (Å²) in [6.45, 7) is 0. The van der Waals surface area contributed by atoms with Crippen LogP contribution in [0.3, 0.4) is 0 Å². The summed E-state index contributed by atoms with van der Waals surface area (Å²) in [5.41, 5.74) is 0.345. The van der Waals surface area contributed by atoms with E-state index in [9.17, 15) is 14.7 Å². The number of benzene rings is 1. The number of hydrogen-bond acceptors (Lipinski definition) is 3. The van der Waals surface area contributed by atoms with Crippen LogP contribution in [0.5, 0.6) is 5.75 Å². The number of rotatable bonds is 1. The lowest BCUT2D eigenvalue weighted by molar-refractivity contribution is -0.119. The fraction of sp³-hybridized carbons (Fsp3) is 0. The molecule has 0 unspecified atom stereocenters. The van der Waals surface area contributed by atoms with Crippen molar-refractivity contribution < 1.29 is 14.7 Å². The largest absolute Gasteiger partial charge is 0.506 e. The molecular formula is C10H6ClNO3. The molecule has 2 rings (SSSR count). The number of carbonyl (C=O) groups is 2. The van der Waals surface area contributed by atoms with Crippen LogP contribution >= 0.6 is 11.6 Å². The Morgan fingerprint density at radius 2 is 1.73 bits per heavy atom. The highest BCUT2D eigenvalue weighted by Crippen LogP contribution is 2.29. The molecule has 1 aromatic rings. The second-order valence-corrected chi connectivity index (χ2v) is 3.39. The molecule has 0 spiro atoms. The Balaban J connectivity index is 2.42. The van der Waals surface area contributed by atoms with Crippen LogP contribution in [0.2, 0.25) is 5.02 Å². The molecule has 2 amide bonds. The van der Waals surface area contributed by atoms with Gasteiger partial charge in [-0.1, -0.05) is 11.6 Å². The van der Waals surface area contributed by atoms with E-state index >= 15 is 0 Å². The minimum absolute atomic E-state index is 0.0903. The first-order valence-electron chi connectivity index (χ1n) is 4.14. The highest BCUT2D eigenvalue weighted by atomic mass is 35.5. The Hall–Kier alpha value is -1.81. The van der Waals surface area contributed by atoms with Gasteiger partial charge in [0.1, 0.15) is 5.75 Å². The number of amides is 2. The summed E-state index contributed by atoms with van der Waals surface area (Å²) in [5.74, 6) is -0.920. The summed E-state index contributed by atoms with van der Waals surface area (Å²) in [6.07, 6.45) is 2.37. The molecular weight excluding hydrogens is 218 g/mol. The van der Waals surface area contributed by atoms with E-state index in [2.05, 4.69) is 0 Å². The number of carbonyl (C=O) groups excluding carboxylic acids is 2. The standard InChI is InChI=1S/C10H6ClNO3/c11-7-5-6(1-2-8(7)13)12-9(14)3-4-10(12)15/h1-5,13H. The molecule has 1 aliphatic heterocycles. The maximum atomic E-state index is 11.3. The maximum absolute atomic E-state index is 11.3. The molecule has 1 heterocycles. The summed E-state index contributed by atoms with van der Waals surface area (Å²) < 4.78 is 0. The molecule has 0 saturated heterocycles. The Kier molecular flexibility index (Phi) is 2.21. The van der Waals surface area contributed by atoms with Crippen molar-refractivity contribution in [2.45, 2.75) is 0 Å². The second-order valence-electron chi connectivity index (χ2n) is 2.98. The highest BCUT2D eigenvalue weighted by molar-refractivity contribution is 6.33. The maximum Gasteiger partial charge on any atom is 0.258 e. The SMILES string of the molecule is O=C1C=CC(=O)N1c1ccc(O)c(Cl)c1. The van der Waals surface area contributed by atoms with Gasteiger partial charge in [-0.05, 0) is 18.2 Å². The molecule has 4 nitrogen and oxygen atoms in total. The van der Waals surface area contributed by atoms with Gasteiger partial charge >= 0.3 is 0 Å². The van der Waals surface area contributed by atoms with E-state index in [0.717, 1.165) is 4.90 Å². The van der Waals surface area contributed by atoms with Gasteiger partial charge in [-0.15, -0.1) is 0 Å². The average molecular weight is 224 g/mol. The summed E-state index contributed by atoms with van der Waals surface area (Å²) in [6, 6.07) is 4.14. The molecule has 0 bridgehead atoms. The van der Waals surface area contributed by atoms with Crippen molar-refractivity contribution in [3.05, 3.63) is 35.4 Å². The predicted octanol–water partition coefficient (Wildman–Crippen LogP) is 1.47. The molecule has 1 aliphatic rings. The van der Waals surface area contributed by atoms with E-state index in [1.807, 2.05) is 0 Å². The lowest BCUT2D eigenvalue weighted by Crippen LogP contribution is -2.29. The van der Waals surface area contributed by atoms with Crippen molar-refractivity contribution in [2.75, 3.05) is 4.90 Å². The fourth-order valence-electron chi connectivity index (χ4n) is 1.29. The van der Waals surface area contributed by atoms with Crippen LogP contribution < -0.4 is 4.90 Å². The Morgan fingerprint density at radius 1 is 1.13 bits per heavy atom. The molecule has 0 fully saturated rings. The second kappa shape index (κ2) is 3.40. The van der Waals surface area contributed by atoms with E-state index in [1.54, 1.807) is 0 Å². The van der Waals surface area contributed by atoms with Crippen molar-refractivity contribution >= 4 is 29.1 Å². The zero-order valence-electron chi connectivity index (χ0n) is 7.48.